The van der Waals surface area contributed by atoms with Gasteiger partial charge in [-0.15, -0.1) is 0 Å². The normalized spacial score (nSPS) is 9.75. The summed E-state index contributed by atoms with van der Waals surface area (Å²) in [6, 6.07) is 2.07. The molecule has 1 aromatic rings. The molecule has 2 nitrogen and oxygen atoms in total. The summed E-state index contributed by atoms with van der Waals surface area (Å²) in [4.78, 5) is 10.8. The number of carbonyl (C=O) groups is 1. The van der Waals surface area contributed by atoms with Crippen LogP contribution in [0.1, 0.15) is 5.56 Å². The molecule has 12 heavy (non-hydrogen) atoms. The van der Waals surface area contributed by atoms with Gasteiger partial charge in [0, 0.05) is 6.54 Å². The highest BCUT2D eigenvalue weighted by Gasteiger charge is 1.97. The van der Waals surface area contributed by atoms with Gasteiger partial charge in [-0.1, -0.05) is 15.9 Å². The van der Waals surface area contributed by atoms with E-state index >= 15 is 0 Å². The zero-order valence-electron chi connectivity index (χ0n) is 6.55. The molecule has 0 fully saturated rings. The average molecular weight is 248 g/mol. The zero-order chi connectivity index (χ0) is 8.81. The molecule has 0 aliphatic rings. The van der Waals surface area contributed by atoms with Crippen LogP contribution >= 0.6 is 27.3 Å². The van der Waals surface area contributed by atoms with Gasteiger partial charge in [0.25, 0.3) is 0 Å². The summed E-state index contributed by atoms with van der Waals surface area (Å²) in [6.45, 7) is 0.723. The summed E-state index contributed by atoms with van der Waals surface area (Å²) in [5.41, 5.74) is 1.29. The third kappa shape index (κ3) is 3.36. The predicted octanol–water partition coefficient (Wildman–Crippen LogP) is 1.80. The van der Waals surface area contributed by atoms with Gasteiger partial charge in [-0.3, -0.25) is 4.79 Å². The number of alkyl halides is 1. The number of carbonyl (C=O) groups excluding carboxylic acids is 1. The van der Waals surface area contributed by atoms with Crippen LogP contribution in [0.2, 0.25) is 0 Å². The zero-order valence-corrected chi connectivity index (χ0v) is 8.95. The maximum absolute atomic E-state index is 10.8. The van der Waals surface area contributed by atoms with E-state index in [1.165, 1.54) is 5.56 Å². The summed E-state index contributed by atoms with van der Waals surface area (Å²) in [6.07, 6.45) is 0.919. The topological polar surface area (TPSA) is 29.1 Å². The van der Waals surface area contributed by atoms with Crippen molar-refractivity contribution in [3.8, 4) is 0 Å². The standard InChI is InChI=1S/C8H10BrNOS/c9-5-8(11)10-3-1-7-2-4-12-6-7/h2,4,6H,1,3,5H2,(H,10,11). The Balaban J connectivity index is 2.15. The van der Waals surface area contributed by atoms with E-state index in [9.17, 15) is 4.79 Å². The quantitative estimate of drug-likeness (QED) is 0.809. The molecular weight excluding hydrogens is 238 g/mol. The summed E-state index contributed by atoms with van der Waals surface area (Å²) >= 11 is 4.77. The minimum atomic E-state index is 0.0465. The number of halogens is 1. The van der Waals surface area contributed by atoms with Crippen molar-refractivity contribution in [2.45, 2.75) is 6.42 Å². The van der Waals surface area contributed by atoms with Gasteiger partial charge in [0.2, 0.25) is 5.91 Å². The molecule has 0 aliphatic heterocycles. The van der Waals surface area contributed by atoms with E-state index in [4.69, 9.17) is 0 Å². The van der Waals surface area contributed by atoms with Crippen molar-refractivity contribution in [3.05, 3.63) is 22.4 Å². The molecule has 4 heteroatoms. The van der Waals surface area contributed by atoms with Gasteiger partial charge in [-0.2, -0.15) is 11.3 Å². The molecule has 1 rings (SSSR count). The fraction of sp³-hybridized carbons (Fsp3) is 0.375. The van der Waals surface area contributed by atoms with Crippen LogP contribution in [-0.2, 0) is 11.2 Å². The lowest BCUT2D eigenvalue weighted by Gasteiger charge is -2.00. The molecule has 0 saturated heterocycles. The van der Waals surface area contributed by atoms with Crippen LogP contribution in [0.15, 0.2) is 16.8 Å². The molecule has 0 saturated carbocycles. The van der Waals surface area contributed by atoms with Gasteiger partial charge in [-0.05, 0) is 28.8 Å². The molecule has 1 amide bonds. The Kier molecular flexibility index (Phi) is 4.32. The second-order valence-corrected chi connectivity index (χ2v) is 3.71. The van der Waals surface area contributed by atoms with Gasteiger partial charge < -0.3 is 5.32 Å². The van der Waals surface area contributed by atoms with Crippen LogP contribution in [0.25, 0.3) is 0 Å². The number of rotatable bonds is 4. The Bertz CT molecular complexity index is 235. The van der Waals surface area contributed by atoms with E-state index < -0.39 is 0 Å². The monoisotopic (exact) mass is 247 g/mol. The Labute approximate surface area is 84.1 Å². The third-order valence-corrected chi connectivity index (χ3v) is 2.68. The van der Waals surface area contributed by atoms with Crippen molar-refractivity contribution >= 4 is 33.2 Å². The van der Waals surface area contributed by atoms with E-state index in [-0.39, 0.29) is 5.91 Å². The van der Waals surface area contributed by atoms with Crippen molar-refractivity contribution < 1.29 is 4.79 Å². The maximum atomic E-state index is 10.8. The molecule has 1 heterocycles. The predicted molar refractivity (Wildman–Crippen MR) is 54.8 cm³/mol. The third-order valence-electron chi connectivity index (χ3n) is 1.44. The van der Waals surface area contributed by atoms with Crippen LogP contribution in [0.5, 0.6) is 0 Å². The first-order valence-electron chi connectivity index (χ1n) is 3.66. The molecule has 1 N–H and O–H groups in total. The van der Waals surface area contributed by atoms with E-state index in [2.05, 4.69) is 32.7 Å². The Morgan fingerprint density at radius 1 is 1.67 bits per heavy atom. The van der Waals surface area contributed by atoms with Crippen molar-refractivity contribution in [1.82, 2.24) is 5.32 Å². The summed E-state index contributed by atoms with van der Waals surface area (Å²) < 4.78 is 0. The second-order valence-electron chi connectivity index (χ2n) is 2.37. The first-order valence-corrected chi connectivity index (χ1v) is 5.73. The van der Waals surface area contributed by atoms with Gasteiger partial charge in [0.1, 0.15) is 0 Å². The number of nitrogens with one attached hydrogen (secondary N) is 1. The Hall–Kier alpha value is -0.350. The van der Waals surface area contributed by atoms with Crippen molar-refractivity contribution in [1.29, 1.82) is 0 Å². The van der Waals surface area contributed by atoms with Gasteiger partial charge in [0.05, 0.1) is 5.33 Å². The van der Waals surface area contributed by atoms with Crippen LogP contribution < -0.4 is 5.32 Å². The fourth-order valence-electron chi connectivity index (χ4n) is 0.828. The summed E-state index contributed by atoms with van der Waals surface area (Å²) in [5, 5.41) is 7.32. The lowest BCUT2D eigenvalue weighted by Crippen LogP contribution is -2.26. The highest BCUT2D eigenvalue weighted by atomic mass is 79.9. The van der Waals surface area contributed by atoms with Crippen LogP contribution in [0, 0.1) is 0 Å². The SMILES string of the molecule is O=C(CBr)NCCc1ccsc1. The fourth-order valence-corrected chi connectivity index (χ4v) is 1.73. The molecule has 0 bridgehead atoms. The Morgan fingerprint density at radius 2 is 2.50 bits per heavy atom. The smallest absolute Gasteiger partial charge is 0.230 e. The minimum Gasteiger partial charge on any atom is -0.355 e. The molecule has 1 aromatic heterocycles. The molecule has 66 valence electrons. The lowest BCUT2D eigenvalue weighted by atomic mass is 10.2. The largest absolute Gasteiger partial charge is 0.355 e. The van der Waals surface area contributed by atoms with Gasteiger partial charge >= 0.3 is 0 Å². The highest BCUT2D eigenvalue weighted by molar-refractivity contribution is 9.09. The second kappa shape index (κ2) is 5.32. The van der Waals surface area contributed by atoms with Crippen LogP contribution in [-0.4, -0.2) is 17.8 Å². The molecular formula is C8H10BrNOS. The molecule has 0 spiro atoms. The minimum absolute atomic E-state index is 0.0465. The first kappa shape index (κ1) is 9.74. The van der Waals surface area contributed by atoms with E-state index in [1.807, 2.05) is 5.38 Å². The molecule has 0 aromatic carbocycles. The van der Waals surface area contributed by atoms with Gasteiger partial charge in [0.15, 0.2) is 0 Å². The van der Waals surface area contributed by atoms with Crippen LogP contribution in [0.4, 0.5) is 0 Å². The van der Waals surface area contributed by atoms with E-state index in [1.54, 1.807) is 11.3 Å². The molecule has 0 aliphatic carbocycles. The molecule has 0 unspecified atom stereocenters. The van der Waals surface area contributed by atoms with Crippen molar-refractivity contribution in [2.24, 2.45) is 0 Å². The van der Waals surface area contributed by atoms with E-state index in [0.29, 0.717) is 5.33 Å². The number of thiophene rings is 1. The number of hydrogen-bond donors (Lipinski definition) is 1. The summed E-state index contributed by atoms with van der Waals surface area (Å²) in [5.74, 6) is 0.0465. The average Bonchev–Trinajstić information content (AvgIpc) is 2.57. The highest BCUT2D eigenvalue weighted by Crippen LogP contribution is 2.05. The first-order chi connectivity index (χ1) is 5.83. The molecule has 0 radical (unpaired) electrons. The number of amides is 1. The van der Waals surface area contributed by atoms with Crippen molar-refractivity contribution in [2.75, 3.05) is 11.9 Å². The van der Waals surface area contributed by atoms with Gasteiger partial charge in [-0.25, -0.2) is 0 Å². The maximum Gasteiger partial charge on any atom is 0.230 e. The van der Waals surface area contributed by atoms with Crippen LogP contribution in [0.3, 0.4) is 0 Å². The summed E-state index contributed by atoms with van der Waals surface area (Å²) in [7, 11) is 0. The van der Waals surface area contributed by atoms with Crippen molar-refractivity contribution in [3.63, 3.8) is 0 Å². The molecule has 0 atom stereocenters. The Morgan fingerprint density at radius 3 is 3.08 bits per heavy atom. The number of hydrogen-bond acceptors (Lipinski definition) is 2. The lowest BCUT2D eigenvalue weighted by molar-refractivity contribution is -0.118. The van der Waals surface area contributed by atoms with E-state index in [0.717, 1.165) is 13.0 Å².